The van der Waals surface area contributed by atoms with E-state index in [4.69, 9.17) is 15.2 Å². The van der Waals surface area contributed by atoms with Crippen LogP contribution in [0.3, 0.4) is 0 Å². The van der Waals surface area contributed by atoms with E-state index in [2.05, 4.69) is 5.32 Å². The molecule has 0 fully saturated rings. The molecule has 0 unspecified atom stereocenters. The van der Waals surface area contributed by atoms with Crippen molar-refractivity contribution in [3.63, 3.8) is 0 Å². The van der Waals surface area contributed by atoms with Gasteiger partial charge in [-0.25, -0.2) is 4.79 Å². The van der Waals surface area contributed by atoms with Gasteiger partial charge in [-0.3, -0.25) is 4.79 Å². The Morgan fingerprint density at radius 1 is 1.08 bits per heavy atom. The summed E-state index contributed by atoms with van der Waals surface area (Å²) >= 11 is 0. The largest absolute Gasteiger partial charge is 0.493 e. The monoisotopic (exact) mass is 343 g/mol. The molecule has 0 heterocycles. The fourth-order valence-electron chi connectivity index (χ4n) is 2.46. The number of benzene rings is 2. The summed E-state index contributed by atoms with van der Waals surface area (Å²) in [4.78, 5) is 25.0. The molecule has 7 nitrogen and oxygen atoms in total. The zero-order valence-corrected chi connectivity index (χ0v) is 14.4. The highest BCUT2D eigenvalue weighted by Gasteiger charge is 2.16. The lowest BCUT2D eigenvalue weighted by molar-refractivity contribution is 0.0784. The summed E-state index contributed by atoms with van der Waals surface area (Å²) in [6.45, 7) is 0.362. The van der Waals surface area contributed by atoms with E-state index in [1.807, 2.05) is 12.1 Å². The van der Waals surface area contributed by atoms with Crippen molar-refractivity contribution in [2.45, 2.75) is 6.54 Å². The van der Waals surface area contributed by atoms with Crippen LogP contribution in [0.1, 0.15) is 15.9 Å². The summed E-state index contributed by atoms with van der Waals surface area (Å²) in [5.74, 6) is 1.06. The number of carbonyl (C=O) groups is 2. The highest BCUT2D eigenvalue weighted by atomic mass is 16.5. The Hall–Kier alpha value is -3.22. The Morgan fingerprint density at radius 3 is 2.32 bits per heavy atom. The molecule has 0 aliphatic carbocycles. The van der Waals surface area contributed by atoms with Gasteiger partial charge >= 0.3 is 6.03 Å². The van der Waals surface area contributed by atoms with Gasteiger partial charge in [0, 0.05) is 30.4 Å². The van der Waals surface area contributed by atoms with Crippen LogP contribution in [0.15, 0.2) is 42.5 Å². The molecule has 7 heteroatoms. The number of methoxy groups -OCH3 is 2. The number of nitrogens with zero attached hydrogens (tertiary/aromatic N) is 1. The van der Waals surface area contributed by atoms with Crippen LogP contribution in [0.4, 0.5) is 10.5 Å². The van der Waals surface area contributed by atoms with E-state index in [1.165, 1.54) is 0 Å². The normalized spacial score (nSPS) is 10.0. The number of amides is 3. The Balaban J connectivity index is 2.14. The second kappa shape index (κ2) is 8.05. The van der Waals surface area contributed by atoms with Crippen molar-refractivity contribution in [3.05, 3.63) is 53.6 Å². The van der Waals surface area contributed by atoms with E-state index >= 15 is 0 Å². The summed E-state index contributed by atoms with van der Waals surface area (Å²) < 4.78 is 10.7. The van der Waals surface area contributed by atoms with Crippen molar-refractivity contribution in [3.8, 4) is 11.5 Å². The standard InChI is InChI=1S/C18H21N3O4/c1-21(11-13-5-4-6-15(24-2)16(13)25-3)17(22)12-7-9-14(10-8-12)20-18(19)23/h4-10H,11H2,1-3H3,(H3,19,20,23). The Bertz CT molecular complexity index is 759. The van der Waals surface area contributed by atoms with Gasteiger partial charge in [0.25, 0.3) is 5.91 Å². The lowest BCUT2D eigenvalue weighted by Gasteiger charge is -2.20. The van der Waals surface area contributed by atoms with Crippen LogP contribution in [-0.4, -0.2) is 38.1 Å². The molecule has 132 valence electrons. The third-order valence-corrected chi connectivity index (χ3v) is 3.64. The molecular weight excluding hydrogens is 322 g/mol. The maximum Gasteiger partial charge on any atom is 0.316 e. The van der Waals surface area contributed by atoms with Crippen molar-refractivity contribution in [1.29, 1.82) is 0 Å². The highest BCUT2D eigenvalue weighted by Crippen LogP contribution is 2.31. The minimum Gasteiger partial charge on any atom is -0.493 e. The van der Waals surface area contributed by atoms with Gasteiger partial charge in [-0.05, 0) is 30.3 Å². The Kier molecular flexibility index (Phi) is 5.84. The van der Waals surface area contributed by atoms with Gasteiger partial charge in [-0.1, -0.05) is 12.1 Å². The lowest BCUT2D eigenvalue weighted by Crippen LogP contribution is -2.26. The molecule has 25 heavy (non-hydrogen) atoms. The number of primary amides is 1. The second-order valence-corrected chi connectivity index (χ2v) is 5.38. The number of ether oxygens (including phenoxy) is 2. The molecule has 3 N–H and O–H groups in total. The fourth-order valence-corrected chi connectivity index (χ4v) is 2.46. The Labute approximate surface area is 146 Å². The smallest absolute Gasteiger partial charge is 0.316 e. The van der Waals surface area contributed by atoms with Gasteiger partial charge in [-0.2, -0.15) is 0 Å². The predicted octanol–water partition coefficient (Wildman–Crippen LogP) is 2.47. The third-order valence-electron chi connectivity index (χ3n) is 3.64. The number of rotatable bonds is 6. The van der Waals surface area contributed by atoms with Gasteiger partial charge in [0.1, 0.15) is 0 Å². The number of nitrogens with one attached hydrogen (secondary N) is 1. The topological polar surface area (TPSA) is 93.9 Å². The molecule has 0 aromatic heterocycles. The first-order valence-electron chi connectivity index (χ1n) is 7.58. The van der Waals surface area contributed by atoms with Crippen LogP contribution in [0.2, 0.25) is 0 Å². The van der Waals surface area contributed by atoms with Gasteiger partial charge in [0.2, 0.25) is 0 Å². The van der Waals surface area contributed by atoms with Gasteiger partial charge in [0.05, 0.1) is 14.2 Å². The number of carbonyl (C=O) groups excluding carboxylic acids is 2. The number of hydrogen-bond donors (Lipinski definition) is 2. The van der Waals surface area contributed by atoms with Crippen LogP contribution >= 0.6 is 0 Å². The van der Waals surface area contributed by atoms with Crippen molar-refractivity contribution in [2.24, 2.45) is 5.73 Å². The molecular formula is C18H21N3O4. The lowest BCUT2D eigenvalue weighted by atomic mass is 10.1. The molecule has 0 bridgehead atoms. The van der Waals surface area contributed by atoms with Crippen molar-refractivity contribution >= 4 is 17.6 Å². The van der Waals surface area contributed by atoms with Crippen LogP contribution in [0, 0.1) is 0 Å². The number of anilines is 1. The van der Waals surface area contributed by atoms with Crippen LogP contribution in [-0.2, 0) is 6.54 Å². The quantitative estimate of drug-likeness (QED) is 0.842. The molecule has 2 aromatic rings. The predicted molar refractivity (Wildman–Crippen MR) is 95.0 cm³/mol. The molecule has 0 aliphatic rings. The van der Waals surface area contributed by atoms with E-state index in [9.17, 15) is 9.59 Å². The molecule has 0 aliphatic heterocycles. The molecule has 0 spiro atoms. The second-order valence-electron chi connectivity index (χ2n) is 5.38. The zero-order chi connectivity index (χ0) is 18.4. The SMILES string of the molecule is COc1cccc(CN(C)C(=O)c2ccc(NC(N)=O)cc2)c1OC. The van der Waals surface area contributed by atoms with E-state index in [1.54, 1.807) is 56.5 Å². The molecule has 2 aromatic carbocycles. The number of para-hydroxylation sites is 1. The Morgan fingerprint density at radius 2 is 1.76 bits per heavy atom. The van der Waals surface area contributed by atoms with Crippen molar-refractivity contribution < 1.29 is 19.1 Å². The minimum atomic E-state index is -0.652. The van der Waals surface area contributed by atoms with E-state index in [-0.39, 0.29) is 5.91 Å². The maximum absolute atomic E-state index is 12.6. The van der Waals surface area contributed by atoms with Crippen LogP contribution in [0.25, 0.3) is 0 Å². The molecule has 0 saturated carbocycles. The molecule has 0 saturated heterocycles. The number of nitrogens with two attached hydrogens (primary N) is 1. The zero-order valence-electron chi connectivity index (χ0n) is 14.4. The molecule has 0 atom stereocenters. The fraction of sp³-hybridized carbons (Fsp3) is 0.222. The molecule has 3 amide bonds. The van der Waals surface area contributed by atoms with Crippen LogP contribution < -0.4 is 20.5 Å². The molecule has 0 radical (unpaired) electrons. The maximum atomic E-state index is 12.6. The number of urea groups is 1. The first-order chi connectivity index (χ1) is 12.0. The summed E-state index contributed by atoms with van der Waals surface area (Å²) in [6, 6.07) is 11.4. The number of hydrogen-bond acceptors (Lipinski definition) is 4. The summed E-state index contributed by atoms with van der Waals surface area (Å²) in [7, 11) is 4.84. The first-order valence-corrected chi connectivity index (χ1v) is 7.58. The summed E-state index contributed by atoms with van der Waals surface area (Å²) in [5.41, 5.74) is 6.93. The van der Waals surface area contributed by atoms with E-state index < -0.39 is 6.03 Å². The van der Waals surface area contributed by atoms with E-state index in [0.717, 1.165) is 5.56 Å². The van der Waals surface area contributed by atoms with Crippen molar-refractivity contribution in [2.75, 3.05) is 26.6 Å². The molecule has 2 rings (SSSR count). The van der Waals surface area contributed by atoms with E-state index in [0.29, 0.717) is 29.3 Å². The average Bonchev–Trinajstić information content (AvgIpc) is 2.60. The average molecular weight is 343 g/mol. The third kappa shape index (κ3) is 4.41. The highest BCUT2D eigenvalue weighted by molar-refractivity contribution is 5.95. The van der Waals surface area contributed by atoms with Crippen LogP contribution in [0.5, 0.6) is 11.5 Å². The van der Waals surface area contributed by atoms with Crippen molar-refractivity contribution in [1.82, 2.24) is 4.90 Å². The minimum absolute atomic E-state index is 0.157. The first kappa shape index (κ1) is 18.1. The van der Waals surface area contributed by atoms with Gasteiger partial charge in [-0.15, -0.1) is 0 Å². The van der Waals surface area contributed by atoms with Gasteiger partial charge < -0.3 is 25.4 Å². The summed E-state index contributed by atoms with van der Waals surface area (Å²) in [6.07, 6.45) is 0. The summed E-state index contributed by atoms with van der Waals surface area (Å²) in [5, 5.41) is 2.45. The van der Waals surface area contributed by atoms with Gasteiger partial charge in [0.15, 0.2) is 11.5 Å².